The van der Waals surface area contributed by atoms with Crippen LogP contribution in [0.25, 0.3) is 0 Å². The first-order chi connectivity index (χ1) is 8.79. The molecule has 18 heavy (non-hydrogen) atoms. The smallest absolute Gasteiger partial charge is 0.143 e. The molecule has 0 saturated heterocycles. The highest BCUT2D eigenvalue weighted by atomic mass is 16.5. The number of nitrogens with two attached hydrogens (primary N) is 1. The molecular formula is C15H26N2O. The number of benzene rings is 1. The molecule has 0 heterocycles. The maximum Gasteiger partial charge on any atom is 0.143 e. The number of nitrogen functional groups attached to an aromatic ring is 1. The van der Waals surface area contributed by atoms with Crippen LogP contribution in [0.2, 0.25) is 0 Å². The van der Waals surface area contributed by atoms with Crippen molar-refractivity contribution in [3.05, 3.63) is 18.2 Å². The van der Waals surface area contributed by atoms with Crippen molar-refractivity contribution in [2.24, 2.45) is 0 Å². The maximum atomic E-state index is 5.99. The number of anilines is 2. The molecule has 1 aromatic carbocycles. The maximum absolute atomic E-state index is 5.99. The fourth-order valence-electron chi connectivity index (χ4n) is 2.00. The van der Waals surface area contributed by atoms with E-state index in [1.807, 2.05) is 18.2 Å². The molecule has 3 heteroatoms. The Kier molecular flexibility index (Phi) is 7.07. The Bertz CT molecular complexity index is 339. The Morgan fingerprint density at radius 1 is 1.11 bits per heavy atom. The number of rotatable bonds is 9. The van der Waals surface area contributed by atoms with Gasteiger partial charge in [0.25, 0.3) is 0 Å². The van der Waals surface area contributed by atoms with Crippen molar-refractivity contribution in [2.45, 2.75) is 45.4 Å². The van der Waals surface area contributed by atoms with Gasteiger partial charge in [-0.15, -0.1) is 0 Å². The number of ether oxygens (including phenoxy) is 1. The predicted octanol–water partition coefficient (Wildman–Crippen LogP) is 4.05. The summed E-state index contributed by atoms with van der Waals surface area (Å²) in [5, 5.41) is 3.37. The molecule has 0 amide bonds. The summed E-state index contributed by atoms with van der Waals surface area (Å²) in [5.74, 6) is 0.739. The predicted molar refractivity (Wildman–Crippen MR) is 79.3 cm³/mol. The lowest BCUT2D eigenvalue weighted by molar-refractivity contribution is 0.417. The molecule has 0 atom stereocenters. The van der Waals surface area contributed by atoms with Gasteiger partial charge in [-0.05, 0) is 18.6 Å². The van der Waals surface area contributed by atoms with Crippen LogP contribution in [0.4, 0.5) is 11.4 Å². The molecular weight excluding hydrogens is 224 g/mol. The minimum Gasteiger partial charge on any atom is -0.495 e. The van der Waals surface area contributed by atoms with Crippen molar-refractivity contribution in [3.63, 3.8) is 0 Å². The van der Waals surface area contributed by atoms with Crippen molar-refractivity contribution >= 4 is 11.4 Å². The summed E-state index contributed by atoms with van der Waals surface area (Å²) in [7, 11) is 1.64. The third kappa shape index (κ3) is 4.86. The van der Waals surface area contributed by atoms with E-state index >= 15 is 0 Å². The van der Waals surface area contributed by atoms with Crippen molar-refractivity contribution in [3.8, 4) is 5.75 Å². The second-order valence-corrected chi connectivity index (χ2v) is 4.62. The van der Waals surface area contributed by atoms with Crippen LogP contribution in [0.1, 0.15) is 45.4 Å². The van der Waals surface area contributed by atoms with Gasteiger partial charge < -0.3 is 15.8 Å². The summed E-state index contributed by atoms with van der Waals surface area (Å²) in [6.45, 7) is 3.22. The van der Waals surface area contributed by atoms with E-state index in [0.717, 1.165) is 18.0 Å². The topological polar surface area (TPSA) is 47.3 Å². The van der Waals surface area contributed by atoms with E-state index in [2.05, 4.69) is 12.2 Å². The molecule has 1 aromatic rings. The van der Waals surface area contributed by atoms with Gasteiger partial charge in [0, 0.05) is 6.54 Å². The van der Waals surface area contributed by atoms with Gasteiger partial charge >= 0.3 is 0 Å². The highest BCUT2D eigenvalue weighted by Gasteiger charge is 2.03. The Hall–Kier alpha value is -1.38. The van der Waals surface area contributed by atoms with E-state index in [0.29, 0.717) is 5.69 Å². The molecule has 0 radical (unpaired) electrons. The molecule has 0 fully saturated rings. The van der Waals surface area contributed by atoms with E-state index in [1.165, 1.54) is 38.5 Å². The van der Waals surface area contributed by atoms with E-state index < -0.39 is 0 Å². The molecule has 0 aliphatic rings. The minimum atomic E-state index is 0.700. The van der Waals surface area contributed by atoms with Gasteiger partial charge in [0.2, 0.25) is 0 Å². The number of hydrogen-bond acceptors (Lipinski definition) is 3. The quantitative estimate of drug-likeness (QED) is 0.513. The number of nitrogens with one attached hydrogen (secondary N) is 1. The number of methoxy groups -OCH3 is 1. The Labute approximate surface area is 111 Å². The van der Waals surface area contributed by atoms with Crippen molar-refractivity contribution < 1.29 is 4.74 Å². The van der Waals surface area contributed by atoms with Crippen LogP contribution in [0.5, 0.6) is 5.75 Å². The summed E-state index contributed by atoms with van der Waals surface area (Å²) in [6.07, 6.45) is 7.84. The molecule has 0 aliphatic carbocycles. The monoisotopic (exact) mass is 250 g/mol. The first kappa shape index (κ1) is 14.7. The van der Waals surface area contributed by atoms with Gasteiger partial charge in [0.1, 0.15) is 5.75 Å². The minimum absolute atomic E-state index is 0.700. The normalized spacial score (nSPS) is 10.3. The highest BCUT2D eigenvalue weighted by molar-refractivity contribution is 5.72. The molecule has 0 aliphatic heterocycles. The van der Waals surface area contributed by atoms with Gasteiger partial charge in [0.05, 0.1) is 18.5 Å². The standard InChI is InChI=1S/C15H26N2O/c1-3-4-5-6-7-8-12-17-13-10-9-11-14(18-2)15(13)16/h9-11,17H,3-8,12,16H2,1-2H3. The van der Waals surface area contributed by atoms with Crippen LogP contribution < -0.4 is 15.8 Å². The summed E-state index contributed by atoms with van der Waals surface area (Å²) in [5.41, 5.74) is 7.66. The zero-order valence-electron chi connectivity index (χ0n) is 11.7. The average molecular weight is 250 g/mol. The molecule has 1 rings (SSSR count). The van der Waals surface area contributed by atoms with Crippen molar-refractivity contribution in [1.82, 2.24) is 0 Å². The van der Waals surface area contributed by atoms with Gasteiger partial charge in [-0.3, -0.25) is 0 Å². The fourth-order valence-corrected chi connectivity index (χ4v) is 2.00. The lowest BCUT2D eigenvalue weighted by Gasteiger charge is -2.11. The summed E-state index contributed by atoms with van der Waals surface area (Å²) in [6, 6.07) is 5.83. The van der Waals surface area contributed by atoms with Crippen LogP contribution in [-0.2, 0) is 0 Å². The fraction of sp³-hybridized carbons (Fsp3) is 0.600. The molecule has 0 unspecified atom stereocenters. The van der Waals surface area contributed by atoms with Crippen molar-refractivity contribution in [2.75, 3.05) is 24.7 Å². The largest absolute Gasteiger partial charge is 0.495 e. The molecule has 3 N–H and O–H groups in total. The summed E-state index contributed by atoms with van der Waals surface area (Å²) in [4.78, 5) is 0. The molecule has 0 bridgehead atoms. The van der Waals surface area contributed by atoms with Gasteiger partial charge in [0.15, 0.2) is 0 Å². The zero-order chi connectivity index (χ0) is 13.2. The Balaban J connectivity index is 2.23. The van der Waals surface area contributed by atoms with Crippen LogP contribution in [0, 0.1) is 0 Å². The van der Waals surface area contributed by atoms with Gasteiger partial charge in [-0.25, -0.2) is 0 Å². The molecule has 0 saturated carbocycles. The molecule has 3 nitrogen and oxygen atoms in total. The van der Waals surface area contributed by atoms with E-state index in [4.69, 9.17) is 10.5 Å². The highest BCUT2D eigenvalue weighted by Crippen LogP contribution is 2.28. The average Bonchev–Trinajstić information content (AvgIpc) is 2.39. The third-order valence-corrected chi connectivity index (χ3v) is 3.13. The molecule has 102 valence electrons. The summed E-state index contributed by atoms with van der Waals surface area (Å²) >= 11 is 0. The summed E-state index contributed by atoms with van der Waals surface area (Å²) < 4.78 is 5.19. The van der Waals surface area contributed by atoms with Crippen LogP contribution in [-0.4, -0.2) is 13.7 Å². The molecule has 0 spiro atoms. The van der Waals surface area contributed by atoms with E-state index in [9.17, 15) is 0 Å². The van der Waals surface area contributed by atoms with Crippen LogP contribution >= 0.6 is 0 Å². The Morgan fingerprint density at radius 2 is 1.83 bits per heavy atom. The zero-order valence-corrected chi connectivity index (χ0v) is 11.7. The van der Waals surface area contributed by atoms with E-state index in [-0.39, 0.29) is 0 Å². The first-order valence-electron chi connectivity index (χ1n) is 6.96. The first-order valence-corrected chi connectivity index (χ1v) is 6.96. The van der Waals surface area contributed by atoms with Crippen molar-refractivity contribution in [1.29, 1.82) is 0 Å². The number of hydrogen-bond donors (Lipinski definition) is 2. The lowest BCUT2D eigenvalue weighted by atomic mass is 10.1. The van der Waals surface area contributed by atoms with Crippen LogP contribution in [0.3, 0.4) is 0 Å². The van der Waals surface area contributed by atoms with Gasteiger partial charge in [-0.1, -0.05) is 45.1 Å². The second-order valence-electron chi connectivity index (χ2n) is 4.62. The SMILES string of the molecule is CCCCCCCCNc1cccc(OC)c1N. The molecule has 0 aromatic heterocycles. The second kappa shape index (κ2) is 8.67. The third-order valence-electron chi connectivity index (χ3n) is 3.13. The number of unbranched alkanes of at least 4 members (excludes halogenated alkanes) is 5. The lowest BCUT2D eigenvalue weighted by Crippen LogP contribution is -2.05. The van der Waals surface area contributed by atoms with Crippen LogP contribution in [0.15, 0.2) is 18.2 Å². The number of para-hydroxylation sites is 1. The van der Waals surface area contributed by atoms with E-state index in [1.54, 1.807) is 7.11 Å². The Morgan fingerprint density at radius 3 is 2.56 bits per heavy atom. The van der Waals surface area contributed by atoms with Gasteiger partial charge in [-0.2, -0.15) is 0 Å².